The fourth-order valence-electron chi connectivity index (χ4n) is 4.08. The van der Waals surface area contributed by atoms with Crippen molar-refractivity contribution in [2.24, 2.45) is 0 Å². The predicted molar refractivity (Wildman–Crippen MR) is 108 cm³/mol. The van der Waals surface area contributed by atoms with Crippen molar-refractivity contribution in [1.29, 1.82) is 0 Å². The SMILES string of the molecule is FC(F)(F)c1cnc(N[C@H]2CCCNC2)nc1-c1cn2c3c(cccc13)SCC2. The van der Waals surface area contributed by atoms with E-state index in [2.05, 4.69) is 20.6 Å². The first kappa shape index (κ1) is 18.7. The summed E-state index contributed by atoms with van der Waals surface area (Å²) in [6.07, 6.45) is 0.132. The Labute approximate surface area is 170 Å². The summed E-state index contributed by atoms with van der Waals surface area (Å²) in [4.78, 5) is 9.43. The predicted octanol–water partition coefficient (Wildman–Crippen LogP) is 4.39. The van der Waals surface area contributed by atoms with Crippen LogP contribution < -0.4 is 10.6 Å². The number of halogens is 3. The van der Waals surface area contributed by atoms with Gasteiger partial charge in [0.05, 0.1) is 11.2 Å². The van der Waals surface area contributed by atoms with E-state index in [0.29, 0.717) is 5.56 Å². The van der Waals surface area contributed by atoms with Gasteiger partial charge in [-0.15, -0.1) is 11.8 Å². The number of aromatic nitrogens is 3. The molecule has 3 aromatic rings. The quantitative estimate of drug-likeness (QED) is 0.660. The average molecular weight is 419 g/mol. The molecule has 2 aromatic heterocycles. The van der Waals surface area contributed by atoms with Gasteiger partial charge in [0, 0.05) is 53.1 Å². The van der Waals surface area contributed by atoms with Crippen LogP contribution in [0.1, 0.15) is 18.4 Å². The van der Waals surface area contributed by atoms with Crippen LogP contribution in [0.2, 0.25) is 0 Å². The summed E-state index contributed by atoms with van der Waals surface area (Å²) in [5.74, 6) is 1.14. The molecule has 0 radical (unpaired) electrons. The molecular formula is C20H20F3N5S. The smallest absolute Gasteiger partial charge is 0.350 e. The third kappa shape index (κ3) is 3.46. The number of para-hydroxylation sites is 1. The van der Waals surface area contributed by atoms with Gasteiger partial charge >= 0.3 is 6.18 Å². The molecule has 0 bridgehead atoms. The fraction of sp³-hybridized carbons (Fsp3) is 0.400. The highest BCUT2D eigenvalue weighted by Gasteiger charge is 2.36. The maximum atomic E-state index is 13.8. The summed E-state index contributed by atoms with van der Waals surface area (Å²) < 4.78 is 43.4. The highest BCUT2D eigenvalue weighted by atomic mass is 32.2. The van der Waals surface area contributed by atoms with Crippen LogP contribution in [0.15, 0.2) is 35.5 Å². The van der Waals surface area contributed by atoms with Crippen LogP contribution in [0.3, 0.4) is 0 Å². The number of thioether (sulfide) groups is 1. The Morgan fingerprint density at radius 1 is 1.28 bits per heavy atom. The Balaban J connectivity index is 1.64. The topological polar surface area (TPSA) is 54.8 Å². The van der Waals surface area contributed by atoms with Crippen LogP contribution >= 0.6 is 11.8 Å². The van der Waals surface area contributed by atoms with Crippen molar-refractivity contribution in [3.05, 3.63) is 36.2 Å². The molecule has 9 heteroatoms. The highest BCUT2D eigenvalue weighted by molar-refractivity contribution is 7.99. The summed E-state index contributed by atoms with van der Waals surface area (Å²) in [5.41, 5.74) is 0.619. The first-order valence-corrected chi connectivity index (χ1v) is 10.7. The molecule has 0 saturated carbocycles. The summed E-state index contributed by atoms with van der Waals surface area (Å²) in [5, 5.41) is 7.28. The highest BCUT2D eigenvalue weighted by Crippen LogP contribution is 2.42. The number of hydrogen-bond acceptors (Lipinski definition) is 5. The lowest BCUT2D eigenvalue weighted by Crippen LogP contribution is -2.38. The van der Waals surface area contributed by atoms with E-state index in [0.717, 1.165) is 60.2 Å². The third-order valence-corrected chi connectivity index (χ3v) is 6.46. The van der Waals surface area contributed by atoms with Crippen molar-refractivity contribution < 1.29 is 13.2 Å². The number of rotatable bonds is 3. The van der Waals surface area contributed by atoms with Crippen molar-refractivity contribution in [2.45, 2.75) is 36.5 Å². The number of alkyl halides is 3. The van der Waals surface area contributed by atoms with E-state index in [9.17, 15) is 13.2 Å². The van der Waals surface area contributed by atoms with Crippen LogP contribution in [0.25, 0.3) is 22.2 Å². The van der Waals surface area contributed by atoms with Crippen molar-refractivity contribution in [3.63, 3.8) is 0 Å². The zero-order chi connectivity index (χ0) is 20.0. The van der Waals surface area contributed by atoms with Crippen LogP contribution in [0.4, 0.5) is 19.1 Å². The largest absolute Gasteiger partial charge is 0.419 e. The van der Waals surface area contributed by atoms with Gasteiger partial charge in [-0.1, -0.05) is 12.1 Å². The molecule has 5 rings (SSSR count). The van der Waals surface area contributed by atoms with Crippen LogP contribution in [-0.2, 0) is 12.7 Å². The lowest BCUT2D eigenvalue weighted by Gasteiger charge is -2.24. The molecule has 1 aromatic carbocycles. The minimum atomic E-state index is -4.53. The number of nitrogens with one attached hydrogen (secondary N) is 2. The monoisotopic (exact) mass is 419 g/mol. The van der Waals surface area contributed by atoms with Gasteiger partial charge in [0.25, 0.3) is 0 Å². The second-order valence-corrected chi connectivity index (χ2v) is 8.51. The lowest BCUT2D eigenvalue weighted by molar-refractivity contribution is -0.137. The molecule has 2 N–H and O–H groups in total. The molecule has 1 saturated heterocycles. The molecule has 2 aliphatic rings. The van der Waals surface area contributed by atoms with Crippen LogP contribution in [0, 0.1) is 0 Å². The van der Waals surface area contributed by atoms with E-state index in [4.69, 9.17) is 0 Å². The Morgan fingerprint density at radius 2 is 2.17 bits per heavy atom. The van der Waals surface area contributed by atoms with Gasteiger partial charge < -0.3 is 15.2 Å². The van der Waals surface area contributed by atoms with E-state index < -0.39 is 11.7 Å². The Hall–Kier alpha value is -2.26. The van der Waals surface area contributed by atoms with Gasteiger partial charge in [0.2, 0.25) is 5.95 Å². The zero-order valence-corrected chi connectivity index (χ0v) is 16.4. The zero-order valence-electron chi connectivity index (χ0n) is 15.6. The van der Waals surface area contributed by atoms with Gasteiger partial charge in [0.1, 0.15) is 5.56 Å². The number of nitrogens with zero attached hydrogens (tertiary/aromatic N) is 3. The van der Waals surface area contributed by atoms with Crippen molar-refractivity contribution >= 4 is 28.6 Å². The molecule has 0 spiro atoms. The molecule has 152 valence electrons. The minimum Gasteiger partial charge on any atom is -0.350 e. The minimum absolute atomic E-state index is 0.0634. The molecule has 4 heterocycles. The van der Waals surface area contributed by atoms with E-state index in [1.165, 1.54) is 0 Å². The van der Waals surface area contributed by atoms with Gasteiger partial charge in [0.15, 0.2) is 0 Å². The molecule has 0 amide bonds. The first-order valence-electron chi connectivity index (χ1n) is 9.67. The number of aryl methyl sites for hydroxylation is 1. The number of hydrogen-bond donors (Lipinski definition) is 2. The summed E-state index contributed by atoms with van der Waals surface area (Å²) in [7, 11) is 0. The van der Waals surface area contributed by atoms with Gasteiger partial charge in [-0.2, -0.15) is 13.2 Å². The van der Waals surface area contributed by atoms with E-state index in [-0.39, 0.29) is 17.7 Å². The Kier molecular flexibility index (Phi) is 4.66. The number of benzene rings is 1. The normalized spacial score (nSPS) is 19.5. The van der Waals surface area contributed by atoms with Crippen LogP contribution in [0.5, 0.6) is 0 Å². The summed E-state index contributed by atoms with van der Waals surface area (Å²) in [6.45, 7) is 2.47. The standard InChI is InChI=1S/C20H20F3N5S/c21-20(22,23)15-10-25-19(26-12-3-2-6-24-9-12)27-17(15)14-11-28-7-8-29-16-5-1-4-13(14)18(16)28/h1,4-5,10-12,24H,2-3,6-9H2,(H,25,26,27)/t12-/m0/s1. The van der Waals surface area contributed by atoms with Crippen molar-refractivity contribution in [1.82, 2.24) is 19.9 Å². The maximum Gasteiger partial charge on any atom is 0.419 e. The summed E-state index contributed by atoms with van der Waals surface area (Å²) in [6, 6.07) is 5.89. The molecule has 2 aliphatic heterocycles. The molecule has 1 atom stereocenters. The van der Waals surface area contributed by atoms with Crippen molar-refractivity contribution in [3.8, 4) is 11.3 Å². The van der Waals surface area contributed by atoms with Crippen LogP contribution in [-0.4, -0.2) is 39.4 Å². The second-order valence-electron chi connectivity index (χ2n) is 7.38. The average Bonchev–Trinajstić information content (AvgIpc) is 3.09. The number of anilines is 1. The Morgan fingerprint density at radius 3 is 2.97 bits per heavy atom. The molecule has 5 nitrogen and oxygen atoms in total. The van der Waals surface area contributed by atoms with Gasteiger partial charge in [-0.3, -0.25) is 0 Å². The summed E-state index contributed by atoms with van der Waals surface area (Å²) >= 11 is 1.73. The van der Waals surface area contributed by atoms with Gasteiger partial charge in [-0.25, -0.2) is 9.97 Å². The van der Waals surface area contributed by atoms with Gasteiger partial charge in [-0.05, 0) is 25.5 Å². The second kappa shape index (κ2) is 7.21. The molecule has 1 fully saturated rings. The Bertz CT molecular complexity index is 1060. The van der Waals surface area contributed by atoms with E-state index in [1.807, 2.05) is 22.8 Å². The first-order chi connectivity index (χ1) is 14.0. The lowest BCUT2D eigenvalue weighted by atomic mass is 10.1. The van der Waals surface area contributed by atoms with E-state index >= 15 is 0 Å². The molecular weight excluding hydrogens is 399 g/mol. The maximum absolute atomic E-state index is 13.8. The molecule has 0 aliphatic carbocycles. The van der Waals surface area contributed by atoms with Crippen molar-refractivity contribution in [2.75, 3.05) is 24.2 Å². The third-order valence-electron chi connectivity index (χ3n) is 5.43. The molecule has 0 unspecified atom stereocenters. The fourth-order valence-corrected chi connectivity index (χ4v) is 5.13. The molecule has 29 heavy (non-hydrogen) atoms. The number of piperidine rings is 1. The van der Waals surface area contributed by atoms with E-state index in [1.54, 1.807) is 18.0 Å².